The summed E-state index contributed by atoms with van der Waals surface area (Å²) in [6.07, 6.45) is 1.16. The zero-order valence-electron chi connectivity index (χ0n) is 20.7. The number of methoxy groups -OCH3 is 1. The fraction of sp³-hybridized carbons (Fsp3) is 0.423. The molecular weight excluding hydrogens is 473 g/mol. The molecule has 3 heterocycles. The molecule has 0 saturated heterocycles. The third kappa shape index (κ3) is 4.59. The summed E-state index contributed by atoms with van der Waals surface area (Å²) in [6, 6.07) is 7.23. The number of nitrogens with zero attached hydrogens (tertiary/aromatic N) is 2. The Bertz CT molecular complexity index is 1380. The van der Waals surface area contributed by atoms with Gasteiger partial charge in [0, 0.05) is 17.8 Å². The second-order valence-electron chi connectivity index (χ2n) is 10.3. The lowest BCUT2D eigenvalue weighted by atomic mass is 10.0. The van der Waals surface area contributed by atoms with E-state index in [-0.39, 0.29) is 34.0 Å². The van der Waals surface area contributed by atoms with Gasteiger partial charge in [-0.2, -0.15) is 0 Å². The molecule has 0 bridgehead atoms. The average molecular weight is 502 g/mol. The van der Waals surface area contributed by atoms with Crippen LogP contribution in [0.3, 0.4) is 0 Å². The molecule has 1 aliphatic heterocycles. The highest BCUT2D eigenvalue weighted by Gasteiger charge is 2.38. The second-order valence-corrected chi connectivity index (χ2v) is 10.7. The Kier molecular flexibility index (Phi) is 6.30. The molecule has 1 aliphatic rings. The van der Waals surface area contributed by atoms with E-state index in [0.717, 1.165) is 5.56 Å². The molecular formula is C26H29ClFN3O4. The number of ether oxygens (including phenoxy) is 2. The van der Waals surface area contributed by atoms with Crippen molar-refractivity contribution in [3.8, 4) is 5.75 Å². The average Bonchev–Trinajstić information content (AvgIpc) is 3.08. The molecule has 0 aliphatic carbocycles. The summed E-state index contributed by atoms with van der Waals surface area (Å²) >= 11 is 6.20. The van der Waals surface area contributed by atoms with Crippen LogP contribution in [0.1, 0.15) is 62.7 Å². The SMILES string of the molecule is COc1ccc(CNc2c(F)c(Cl)nc3c2c(=O)c(C(=O)OC(C)(C)C)c2n3C(C)(C)CC2)cc1. The quantitative estimate of drug-likeness (QED) is 0.370. The molecule has 0 unspecified atom stereocenters. The predicted octanol–water partition coefficient (Wildman–Crippen LogP) is 5.45. The Balaban J connectivity index is 1.95. The lowest BCUT2D eigenvalue weighted by molar-refractivity contribution is 0.00664. The Morgan fingerprint density at radius 3 is 2.51 bits per heavy atom. The van der Waals surface area contributed by atoms with Gasteiger partial charge in [-0.3, -0.25) is 4.79 Å². The standard InChI is InChI=1S/C26H29ClFN3O4/c1-25(2,3)35-24(33)17-16-11-12-26(4,5)31(16)23-18(21(17)32)20(19(28)22(27)30-23)29-13-14-7-9-15(34-6)10-8-14/h7-10H,11-13H2,1-6H3,(H,29,30). The van der Waals surface area contributed by atoms with Crippen LogP contribution in [-0.4, -0.2) is 28.2 Å². The van der Waals surface area contributed by atoms with Crippen molar-refractivity contribution in [2.75, 3.05) is 12.4 Å². The minimum absolute atomic E-state index is 0.0278. The Labute approximate surface area is 208 Å². The number of carbonyl (C=O) groups is 1. The molecule has 4 rings (SSSR count). The smallest absolute Gasteiger partial charge is 0.344 e. The summed E-state index contributed by atoms with van der Waals surface area (Å²) < 4.78 is 27.9. The first-order valence-corrected chi connectivity index (χ1v) is 11.8. The number of pyridine rings is 2. The van der Waals surface area contributed by atoms with Gasteiger partial charge < -0.3 is 19.4 Å². The van der Waals surface area contributed by atoms with E-state index in [1.165, 1.54) is 0 Å². The Morgan fingerprint density at radius 1 is 1.26 bits per heavy atom. The molecule has 0 saturated carbocycles. The molecule has 0 atom stereocenters. The van der Waals surface area contributed by atoms with Crippen LogP contribution in [0, 0.1) is 5.82 Å². The van der Waals surface area contributed by atoms with Crippen molar-refractivity contribution in [1.29, 1.82) is 0 Å². The number of anilines is 1. The Morgan fingerprint density at radius 2 is 1.91 bits per heavy atom. The highest BCUT2D eigenvalue weighted by molar-refractivity contribution is 6.30. The molecule has 1 aromatic carbocycles. The summed E-state index contributed by atoms with van der Waals surface area (Å²) in [5, 5.41) is 2.64. The maximum Gasteiger partial charge on any atom is 0.344 e. The van der Waals surface area contributed by atoms with Gasteiger partial charge in [0.15, 0.2) is 11.0 Å². The van der Waals surface area contributed by atoms with Gasteiger partial charge >= 0.3 is 5.97 Å². The van der Waals surface area contributed by atoms with Gasteiger partial charge in [0.2, 0.25) is 5.43 Å². The van der Waals surface area contributed by atoms with Gasteiger partial charge in [-0.15, -0.1) is 0 Å². The van der Waals surface area contributed by atoms with E-state index in [0.29, 0.717) is 24.3 Å². The molecule has 0 radical (unpaired) electrons. The summed E-state index contributed by atoms with van der Waals surface area (Å²) in [4.78, 5) is 31.2. The largest absolute Gasteiger partial charge is 0.497 e. The number of halogens is 2. The molecule has 35 heavy (non-hydrogen) atoms. The number of hydrogen-bond acceptors (Lipinski definition) is 6. The molecule has 1 N–H and O–H groups in total. The van der Waals surface area contributed by atoms with E-state index >= 15 is 4.39 Å². The summed E-state index contributed by atoms with van der Waals surface area (Å²) in [7, 11) is 1.57. The minimum atomic E-state index is -0.851. The fourth-order valence-electron chi connectivity index (χ4n) is 4.46. The van der Waals surface area contributed by atoms with E-state index in [1.807, 2.05) is 30.5 Å². The van der Waals surface area contributed by atoms with Crippen LogP contribution in [0.4, 0.5) is 10.1 Å². The lowest BCUT2D eigenvalue weighted by Gasteiger charge is -2.27. The van der Waals surface area contributed by atoms with Gasteiger partial charge in [0.1, 0.15) is 22.6 Å². The lowest BCUT2D eigenvalue weighted by Crippen LogP contribution is -2.32. The molecule has 186 valence electrons. The second kappa shape index (κ2) is 8.82. The fourth-order valence-corrected chi connectivity index (χ4v) is 4.63. The van der Waals surface area contributed by atoms with Crippen LogP contribution in [0.2, 0.25) is 5.15 Å². The monoisotopic (exact) mass is 501 g/mol. The highest BCUT2D eigenvalue weighted by atomic mass is 35.5. The van der Waals surface area contributed by atoms with Crippen molar-refractivity contribution in [1.82, 2.24) is 9.55 Å². The van der Waals surface area contributed by atoms with Crippen molar-refractivity contribution in [2.24, 2.45) is 0 Å². The third-order valence-corrected chi connectivity index (χ3v) is 6.36. The highest BCUT2D eigenvalue weighted by Crippen LogP contribution is 2.39. The first-order chi connectivity index (χ1) is 16.3. The van der Waals surface area contributed by atoms with Crippen LogP contribution in [-0.2, 0) is 23.2 Å². The maximum atomic E-state index is 15.3. The first kappa shape index (κ1) is 25.0. The van der Waals surface area contributed by atoms with Gasteiger partial charge in [-0.25, -0.2) is 14.2 Å². The zero-order chi connectivity index (χ0) is 25.7. The van der Waals surface area contributed by atoms with Crippen molar-refractivity contribution >= 4 is 34.3 Å². The van der Waals surface area contributed by atoms with Crippen LogP contribution in [0.25, 0.3) is 11.0 Å². The summed E-state index contributed by atoms with van der Waals surface area (Å²) in [6.45, 7) is 9.37. The van der Waals surface area contributed by atoms with Crippen LogP contribution >= 0.6 is 11.6 Å². The first-order valence-electron chi connectivity index (χ1n) is 11.4. The number of hydrogen-bond donors (Lipinski definition) is 1. The number of esters is 1. The number of rotatable bonds is 5. The van der Waals surface area contributed by atoms with Crippen molar-refractivity contribution in [3.63, 3.8) is 0 Å². The number of fused-ring (bicyclic) bond motifs is 3. The van der Waals surface area contributed by atoms with Gasteiger partial charge in [-0.05, 0) is 65.2 Å². The van der Waals surface area contributed by atoms with Crippen molar-refractivity contribution in [2.45, 2.75) is 65.1 Å². The van der Waals surface area contributed by atoms with E-state index < -0.39 is 28.4 Å². The normalized spacial score (nSPS) is 14.6. The van der Waals surface area contributed by atoms with E-state index in [4.69, 9.17) is 21.1 Å². The Hall–Kier alpha value is -3.13. The van der Waals surface area contributed by atoms with Gasteiger partial charge in [-0.1, -0.05) is 23.7 Å². The minimum Gasteiger partial charge on any atom is -0.497 e. The van der Waals surface area contributed by atoms with E-state index in [9.17, 15) is 9.59 Å². The van der Waals surface area contributed by atoms with Gasteiger partial charge in [0.25, 0.3) is 0 Å². The predicted molar refractivity (Wildman–Crippen MR) is 134 cm³/mol. The van der Waals surface area contributed by atoms with E-state index in [1.54, 1.807) is 40.0 Å². The van der Waals surface area contributed by atoms with Crippen LogP contribution in [0.15, 0.2) is 29.1 Å². The molecule has 2 aromatic heterocycles. The van der Waals surface area contributed by atoms with Crippen LogP contribution < -0.4 is 15.5 Å². The molecule has 0 amide bonds. The number of carbonyl (C=O) groups excluding carboxylic acids is 1. The zero-order valence-corrected chi connectivity index (χ0v) is 21.5. The summed E-state index contributed by atoms with van der Waals surface area (Å²) in [5.74, 6) is -0.894. The topological polar surface area (TPSA) is 82.4 Å². The summed E-state index contributed by atoms with van der Waals surface area (Å²) in [5.41, 5.74) is -0.486. The van der Waals surface area contributed by atoms with Gasteiger partial charge in [0.05, 0.1) is 18.2 Å². The number of nitrogens with one attached hydrogen (secondary N) is 1. The third-order valence-electron chi connectivity index (χ3n) is 6.11. The number of benzene rings is 1. The molecule has 3 aromatic rings. The molecule has 9 heteroatoms. The molecule has 0 fully saturated rings. The number of aromatic nitrogens is 2. The van der Waals surface area contributed by atoms with E-state index in [2.05, 4.69) is 10.3 Å². The van der Waals surface area contributed by atoms with Crippen molar-refractivity contribution < 1.29 is 18.7 Å². The molecule has 7 nitrogen and oxygen atoms in total. The maximum absolute atomic E-state index is 15.3. The van der Waals surface area contributed by atoms with Crippen LogP contribution in [0.5, 0.6) is 5.75 Å². The molecule has 0 spiro atoms. The van der Waals surface area contributed by atoms with Crippen molar-refractivity contribution in [3.05, 3.63) is 62.3 Å².